The van der Waals surface area contributed by atoms with Gasteiger partial charge in [0.05, 0.1) is 11.5 Å². The molecule has 9 heteroatoms. The molecule has 1 unspecified atom stereocenters. The van der Waals surface area contributed by atoms with Gasteiger partial charge in [0.25, 0.3) is 16.8 Å². The first-order valence-electron chi connectivity index (χ1n) is 12.6. The predicted molar refractivity (Wildman–Crippen MR) is 137 cm³/mol. The summed E-state index contributed by atoms with van der Waals surface area (Å²) in [6, 6.07) is 12.5. The molecule has 2 atom stereocenters. The third-order valence-corrected chi connectivity index (χ3v) is 9.01. The van der Waals surface area contributed by atoms with Gasteiger partial charge >= 0.3 is 6.18 Å². The highest BCUT2D eigenvalue weighted by Gasteiger charge is 2.40. The molecular formula is C28H29F3N3O2S+. The summed E-state index contributed by atoms with van der Waals surface area (Å²) < 4.78 is 40.0. The van der Waals surface area contributed by atoms with Gasteiger partial charge in [-0.25, -0.2) is 0 Å². The first kappa shape index (κ1) is 25.4. The SMILES string of the molecule is Cc1cccc(C(=O)NC[C@@H]2CCCCN2C(=O)c2c[s+](-c3cccc(C(F)(F)F)c3)c(C3CC3)n2)c1. The van der Waals surface area contributed by atoms with Gasteiger partial charge in [0, 0.05) is 41.2 Å². The molecule has 1 saturated carbocycles. The summed E-state index contributed by atoms with van der Waals surface area (Å²) in [5, 5.41) is 5.53. The van der Waals surface area contributed by atoms with Crippen molar-refractivity contribution in [2.24, 2.45) is 0 Å². The average molecular weight is 529 g/mol. The minimum atomic E-state index is -4.43. The summed E-state index contributed by atoms with van der Waals surface area (Å²) in [5.41, 5.74) is 1.19. The number of likely N-dealkylation sites (tertiary alicyclic amines) is 1. The molecule has 1 aliphatic carbocycles. The lowest BCUT2D eigenvalue weighted by atomic mass is 10.0. The van der Waals surface area contributed by atoms with E-state index in [0.717, 1.165) is 48.7 Å². The van der Waals surface area contributed by atoms with Crippen LogP contribution >= 0.6 is 10.5 Å². The monoisotopic (exact) mass is 528 g/mol. The Morgan fingerprint density at radius 1 is 1.08 bits per heavy atom. The first-order chi connectivity index (χ1) is 17.7. The van der Waals surface area contributed by atoms with Crippen LogP contribution in [-0.4, -0.2) is 40.8 Å². The number of aryl methyl sites for hydroxylation is 1. The van der Waals surface area contributed by atoms with Gasteiger partial charge < -0.3 is 10.2 Å². The van der Waals surface area contributed by atoms with Crippen molar-refractivity contribution in [1.82, 2.24) is 15.2 Å². The molecule has 2 fully saturated rings. The maximum absolute atomic E-state index is 13.6. The predicted octanol–water partition coefficient (Wildman–Crippen LogP) is 6.45. The lowest BCUT2D eigenvalue weighted by molar-refractivity contribution is -0.137. The molecule has 1 saturated heterocycles. The third-order valence-electron chi connectivity index (χ3n) is 6.91. The normalized spacial score (nSPS) is 18.5. The number of thiazole rings is 1. The number of benzene rings is 2. The summed E-state index contributed by atoms with van der Waals surface area (Å²) in [5.74, 6) is -0.179. The number of nitrogens with zero attached hydrogens (tertiary/aromatic N) is 2. The maximum Gasteiger partial charge on any atom is 0.416 e. The van der Waals surface area contributed by atoms with E-state index in [0.29, 0.717) is 29.2 Å². The molecule has 2 amide bonds. The lowest BCUT2D eigenvalue weighted by Gasteiger charge is -2.35. The second-order valence-corrected chi connectivity index (χ2v) is 11.6. The second kappa shape index (κ2) is 10.3. The molecule has 0 bridgehead atoms. The van der Waals surface area contributed by atoms with E-state index < -0.39 is 22.2 Å². The molecule has 1 aliphatic heterocycles. The molecule has 0 radical (unpaired) electrons. The second-order valence-electron chi connectivity index (χ2n) is 9.82. The molecule has 2 aromatic carbocycles. The fourth-order valence-corrected chi connectivity index (χ4v) is 6.94. The Labute approximate surface area is 216 Å². The largest absolute Gasteiger partial charge is 0.416 e. The molecule has 5 rings (SSSR count). The van der Waals surface area contributed by atoms with Crippen molar-refractivity contribution < 1.29 is 22.8 Å². The molecular weight excluding hydrogens is 499 g/mol. The summed E-state index contributed by atoms with van der Waals surface area (Å²) in [6.07, 6.45) is 0.0364. The zero-order valence-electron chi connectivity index (χ0n) is 20.6. The Hall–Kier alpha value is -3.20. The van der Waals surface area contributed by atoms with E-state index in [1.54, 1.807) is 22.4 Å². The average Bonchev–Trinajstić information content (AvgIpc) is 3.64. The minimum absolute atomic E-state index is 0.161. The van der Waals surface area contributed by atoms with E-state index in [9.17, 15) is 22.8 Å². The number of aromatic nitrogens is 1. The van der Waals surface area contributed by atoms with Crippen LogP contribution in [0.4, 0.5) is 13.2 Å². The topological polar surface area (TPSA) is 62.3 Å². The number of halogens is 3. The van der Waals surface area contributed by atoms with Gasteiger partial charge in [-0.1, -0.05) is 23.8 Å². The Morgan fingerprint density at radius 2 is 1.86 bits per heavy atom. The number of alkyl halides is 3. The molecule has 0 spiro atoms. The molecule has 2 aliphatic rings. The van der Waals surface area contributed by atoms with Crippen LogP contribution in [0.3, 0.4) is 0 Å². The third kappa shape index (κ3) is 5.71. The number of carbonyl (C=O) groups is 2. The highest BCUT2D eigenvalue weighted by molar-refractivity contribution is 7.38. The van der Waals surface area contributed by atoms with E-state index in [-0.39, 0.29) is 23.8 Å². The zero-order chi connectivity index (χ0) is 26.2. The van der Waals surface area contributed by atoms with Crippen molar-refractivity contribution in [1.29, 1.82) is 0 Å². The Morgan fingerprint density at radius 3 is 2.59 bits per heavy atom. The molecule has 5 nitrogen and oxygen atoms in total. The number of carbonyl (C=O) groups excluding carboxylic acids is 2. The zero-order valence-corrected chi connectivity index (χ0v) is 21.4. The van der Waals surface area contributed by atoms with Crippen molar-refractivity contribution in [3.05, 3.63) is 81.3 Å². The van der Waals surface area contributed by atoms with Crippen molar-refractivity contribution in [2.45, 2.75) is 57.2 Å². The van der Waals surface area contributed by atoms with Crippen molar-refractivity contribution in [3.63, 3.8) is 0 Å². The van der Waals surface area contributed by atoms with Gasteiger partial charge in [0.2, 0.25) is 0 Å². The minimum Gasteiger partial charge on any atom is -0.350 e. The molecule has 194 valence electrons. The Kier molecular flexibility index (Phi) is 7.07. The summed E-state index contributed by atoms with van der Waals surface area (Å²) in [7, 11) is -0.775. The van der Waals surface area contributed by atoms with Crippen LogP contribution in [0.25, 0.3) is 4.90 Å². The van der Waals surface area contributed by atoms with Crippen LogP contribution in [0.5, 0.6) is 0 Å². The molecule has 1 N–H and O–H groups in total. The Balaban J connectivity index is 1.36. The fraction of sp³-hybridized carbons (Fsp3) is 0.393. The van der Waals surface area contributed by atoms with Crippen LogP contribution in [0.2, 0.25) is 0 Å². The van der Waals surface area contributed by atoms with Crippen molar-refractivity contribution in [3.8, 4) is 4.90 Å². The number of nitrogens with one attached hydrogen (secondary N) is 1. The van der Waals surface area contributed by atoms with Gasteiger partial charge in [-0.05, 0) is 63.3 Å². The smallest absolute Gasteiger partial charge is 0.350 e. The number of amides is 2. The lowest BCUT2D eigenvalue weighted by Crippen LogP contribution is -2.49. The van der Waals surface area contributed by atoms with E-state index in [4.69, 9.17) is 4.98 Å². The van der Waals surface area contributed by atoms with Crippen molar-refractivity contribution in [2.75, 3.05) is 13.1 Å². The summed E-state index contributed by atoms with van der Waals surface area (Å²) in [4.78, 5) is 33.3. The van der Waals surface area contributed by atoms with E-state index in [2.05, 4.69) is 5.32 Å². The first-order valence-corrected chi connectivity index (χ1v) is 13.9. The molecule has 1 aromatic heterocycles. The summed E-state index contributed by atoms with van der Waals surface area (Å²) >= 11 is 0. The van der Waals surface area contributed by atoms with Gasteiger partial charge in [0.15, 0.2) is 16.0 Å². The quantitative estimate of drug-likeness (QED) is 0.374. The number of piperidine rings is 1. The number of hydrogen-bond donors (Lipinski definition) is 1. The van der Waals surface area contributed by atoms with Gasteiger partial charge in [0.1, 0.15) is 0 Å². The van der Waals surface area contributed by atoms with Gasteiger partial charge in [-0.3, -0.25) is 9.59 Å². The maximum atomic E-state index is 13.6. The number of rotatable bonds is 6. The van der Waals surface area contributed by atoms with Crippen LogP contribution in [0.15, 0.2) is 53.9 Å². The summed E-state index contributed by atoms with van der Waals surface area (Å²) in [6.45, 7) is 2.83. The van der Waals surface area contributed by atoms with Crippen LogP contribution in [0.1, 0.15) is 75.0 Å². The molecule has 2 heterocycles. The van der Waals surface area contributed by atoms with Crippen LogP contribution in [-0.2, 0) is 6.18 Å². The van der Waals surface area contributed by atoms with Crippen LogP contribution < -0.4 is 5.32 Å². The van der Waals surface area contributed by atoms with Gasteiger partial charge in [-0.2, -0.15) is 18.2 Å². The van der Waals surface area contributed by atoms with E-state index in [1.165, 1.54) is 12.1 Å². The van der Waals surface area contributed by atoms with E-state index >= 15 is 0 Å². The highest BCUT2D eigenvalue weighted by Crippen LogP contribution is 2.49. The molecule has 37 heavy (non-hydrogen) atoms. The van der Waals surface area contributed by atoms with Crippen molar-refractivity contribution >= 4 is 22.3 Å². The number of hydrogen-bond acceptors (Lipinski definition) is 3. The van der Waals surface area contributed by atoms with Gasteiger partial charge in [-0.15, -0.1) is 0 Å². The standard InChI is InChI=1S/C28H28F3N3O2S/c1-18-6-4-7-20(14-18)25(35)32-16-22-9-2-3-13-34(22)27(36)24-17-37(26(33-24)19-11-12-19)23-10-5-8-21(15-23)28(29,30)31/h4-8,10,14-15,17,19,22H,2-3,9,11-13,16H2,1H3/p+1/t22-,37?/m0/s1. The Bertz CT molecular complexity index is 1320. The highest BCUT2D eigenvalue weighted by atomic mass is 32.2. The fourth-order valence-electron chi connectivity index (χ4n) is 4.79. The molecule has 3 aromatic rings. The van der Waals surface area contributed by atoms with Crippen LogP contribution in [0, 0.1) is 6.92 Å². The van der Waals surface area contributed by atoms with E-state index in [1.807, 2.05) is 25.1 Å².